The monoisotopic (exact) mass is 297 g/mol. The molecule has 0 N–H and O–H groups in total. The van der Waals surface area contributed by atoms with Crippen LogP contribution in [0.15, 0.2) is 0 Å². The molecule has 0 aromatic carbocycles. The normalized spacial score (nSPS) is 14.2. The Balaban J connectivity index is 1.69. The van der Waals surface area contributed by atoms with Crippen LogP contribution in [0.4, 0.5) is 0 Å². The molecular formula is C18H35NO2. The molecular weight excluding hydrogens is 262 g/mol. The van der Waals surface area contributed by atoms with Gasteiger partial charge in [0.05, 0.1) is 13.2 Å². The van der Waals surface area contributed by atoms with Gasteiger partial charge in [-0.1, -0.05) is 84.0 Å². The van der Waals surface area contributed by atoms with Crippen molar-refractivity contribution in [1.82, 2.24) is 5.06 Å². The third-order valence-corrected chi connectivity index (χ3v) is 4.31. The van der Waals surface area contributed by atoms with Gasteiger partial charge in [0.2, 0.25) is 5.91 Å². The summed E-state index contributed by atoms with van der Waals surface area (Å²) in [4.78, 5) is 16.6. The van der Waals surface area contributed by atoms with Crippen LogP contribution < -0.4 is 0 Å². The highest BCUT2D eigenvalue weighted by atomic mass is 16.7. The van der Waals surface area contributed by atoms with E-state index in [1.54, 1.807) is 0 Å². The number of unbranched alkanes of at least 4 members (excludes halogenated alkanes) is 12. The topological polar surface area (TPSA) is 29.5 Å². The van der Waals surface area contributed by atoms with E-state index in [4.69, 9.17) is 4.84 Å². The summed E-state index contributed by atoms with van der Waals surface area (Å²) < 4.78 is 0. The van der Waals surface area contributed by atoms with E-state index in [1.165, 1.54) is 82.1 Å². The number of hydroxylamine groups is 2. The second-order valence-corrected chi connectivity index (χ2v) is 6.32. The van der Waals surface area contributed by atoms with Crippen molar-refractivity contribution in [3.05, 3.63) is 0 Å². The molecule has 1 fully saturated rings. The number of amides is 1. The zero-order valence-corrected chi connectivity index (χ0v) is 14.1. The minimum atomic E-state index is 0.171. The average Bonchev–Trinajstić information content (AvgIpc) is 2.42. The van der Waals surface area contributed by atoms with Crippen LogP contribution in [0, 0.1) is 0 Å². The van der Waals surface area contributed by atoms with Crippen molar-refractivity contribution < 1.29 is 9.63 Å². The predicted molar refractivity (Wildman–Crippen MR) is 88.0 cm³/mol. The minimum absolute atomic E-state index is 0.171. The van der Waals surface area contributed by atoms with Crippen LogP contribution in [0.2, 0.25) is 0 Å². The molecule has 0 aromatic heterocycles. The summed E-state index contributed by atoms with van der Waals surface area (Å²) in [5.74, 6) is 0.171. The van der Waals surface area contributed by atoms with Gasteiger partial charge in [-0.3, -0.25) is 9.63 Å². The molecule has 0 spiro atoms. The molecule has 0 aliphatic carbocycles. The lowest BCUT2D eigenvalue weighted by Crippen LogP contribution is -2.43. The van der Waals surface area contributed by atoms with Gasteiger partial charge in [-0.25, -0.2) is 5.06 Å². The molecule has 1 saturated heterocycles. The quantitative estimate of drug-likeness (QED) is 0.410. The second kappa shape index (κ2) is 13.1. The van der Waals surface area contributed by atoms with Crippen molar-refractivity contribution in [3.63, 3.8) is 0 Å². The van der Waals surface area contributed by atoms with Gasteiger partial charge in [0.25, 0.3) is 0 Å². The number of rotatable bonds is 14. The Hall–Kier alpha value is -0.570. The lowest BCUT2D eigenvalue weighted by Gasteiger charge is -2.29. The van der Waals surface area contributed by atoms with Gasteiger partial charge in [-0.15, -0.1) is 0 Å². The highest BCUT2D eigenvalue weighted by molar-refractivity contribution is 5.75. The molecule has 1 rings (SSSR count). The molecule has 0 radical (unpaired) electrons. The molecule has 124 valence electrons. The minimum Gasteiger partial charge on any atom is -0.273 e. The molecule has 0 unspecified atom stereocenters. The highest BCUT2D eigenvalue weighted by Crippen LogP contribution is 2.14. The van der Waals surface area contributed by atoms with Crippen LogP contribution >= 0.6 is 0 Å². The summed E-state index contributed by atoms with van der Waals surface area (Å²) in [5, 5.41) is 1.50. The summed E-state index contributed by atoms with van der Waals surface area (Å²) >= 11 is 0. The van der Waals surface area contributed by atoms with Gasteiger partial charge in [-0.05, 0) is 6.42 Å². The Labute approximate surface area is 131 Å². The third kappa shape index (κ3) is 9.89. The Bertz CT molecular complexity index is 252. The molecule has 0 saturated carbocycles. The standard InChI is InChI=1S/C18H35NO2/c1-2-3-4-5-6-7-8-9-10-11-12-13-14-15-18(20)19-16-17-21-19/h2-17H2,1H3. The maximum absolute atomic E-state index is 11.5. The van der Waals surface area contributed by atoms with Crippen molar-refractivity contribution in [2.24, 2.45) is 0 Å². The highest BCUT2D eigenvalue weighted by Gasteiger charge is 2.20. The molecule has 0 aromatic rings. The van der Waals surface area contributed by atoms with E-state index in [0.717, 1.165) is 13.0 Å². The largest absolute Gasteiger partial charge is 0.273 e. The number of nitrogens with zero attached hydrogens (tertiary/aromatic N) is 1. The van der Waals surface area contributed by atoms with E-state index < -0.39 is 0 Å². The lowest BCUT2D eigenvalue weighted by molar-refractivity contribution is -0.239. The molecule has 0 bridgehead atoms. The van der Waals surface area contributed by atoms with Gasteiger partial charge in [0.1, 0.15) is 0 Å². The zero-order valence-electron chi connectivity index (χ0n) is 14.1. The summed E-state index contributed by atoms with van der Waals surface area (Å²) in [6.45, 7) is 3.77. The first-order chi connectivity index (χ1) is 10.3. The van der Waals surface area contributed by atoms with E-state index in [9.17, 15) is 4.79 Å². The van der Waals surface area contributed by atoms with E-state index >= 15 is 0 Å². The Morgan fingerprint density at radius 1 is 0.810 bits per heavy atom. The summed E-state index contributed by atoms with van der Waals surface area (Å²) in [6, 6.07) is 0. The van der Waals surface area contributed by atoms with Crippen LogP contribution in [0.1, 0.15) is 96.8 Å². The van der Waals surface area contributed by atoms with Crippen molar-refractivity contribution in [3.8, 4) is 0 Å². The molecule has 1 heterocycles. The second-order valence-electron chi connectivity index (χ2n) is 6.32. The van der Waals surface area contributed by atoms with Gasteiger partial charge in [-0.2, -0.15) is 0 Å². The number of hydrogen-bond acceptors (Lipinski definition) is 2. The molecule has 3 heteroatoms. The van der Waals surface area contributed by atoms with Crippen LogP contribution in [0.25, 0.3) is 0 Å². The van der Waals surface area contributed by atoms with Crippen molar-refractivity contribution >= 4 is 5.91 Å². The van der Waals surface area contributed by atoms with Gasteiger partial charge < -0.3 is 0 Å². The van der Waals surface area contributed by atoms with Crippen LogP contribution in [-0.4, -0.2) is 24.1 Å². The van der Waals surface area contributed by atoms with E-state index in [2.05, 4.69) is 6.92 Å². The fourth-order valence-corrected chi connectivity index (χ4v) is 2.80. The summed E-state index contributed by atoms with van der Waals surface area (Å²) in [5.41, 5.74) is 0. The molecule has 3 nitrogen and oxygen atoms in total. The number of hydrogen-bond donors (Lipinski definition) is 0. The third-order valence-electron chi connectivity index (χ3n) is 4.31. The van der Waals surface area contributed by atoms with Gasteiger partial charge >= 0.3 is 0 Å². The van der Waals surface area contributed by atoms with Crippen LogP contribution in [0.3, 0.4) is 0 Å². The Morgan fingerprint density at radius 2 is 1.24 bits per heavy atom. The smallest absolute Gasteiger partial charge is 0.246 e. The zero-order chi connectivity index (χ0) is 15.2. The first-order valence-electron chi connectivity index (χ1n) is 9.28. The summed E-state index contributed by atoms with van der Waals surface area (Å²) in [7, 11) is 0. The maximum atomic E-state index is 11.5. The Kier molecular flexibility index (Phi) is 11.5. The van der Waals surface area contributed by atoms with E-state index in [0.29, 0.717) is 13.0 Å². The van der Waals surface area contributed by atoms with Crippen molar-refractivity contribution in [1.29, 1.82) is 0 Å². The molecule has 0 atom stereocenters. The maximum Gasteiger partial charge on any atom is 0.246 e. The molecule has 1 aliphatic rings. The van der Waals surface area contributed by atoms with Gasteiger partial charge in [0, 0.05) is 6.42 Å². The fourth-order valence-electron chi connectivity index (χ4n) is 2.80. The molecule has 1 amide bonds. The number of carbonyl (C=O) groups excluding carboxylic acids is 1. The average molecular weight is 297 g/mol. The SMILES string of the molecule is CCCCCCCCCCCCCCCC(=O)N1CCO1. The molecule has 21 heavy (non-hydrogen) atoms. The Morgan fingerprint density at radius 3 is 1.62 bits per heavy atom. The lowest BCUT2D eigenvalue weighted by atomic mass is 10.0. The van der Waals surface area contributed by atoms with E-state index in [-0.39, 0.29) is 5.91 Å². The van der Waals surface area contributed by atoms with Crippen molar-refractivity contribution in [2.45, 2.75) is 96.8 Å². The summed E-state index contributed by atoms with van der Waals surface area (Å²) in [6.07, 6.45) is 18.2. The van der Waals surface area contributed by atoms with Crippen molar-refractivity contribution in [2.75, 3.05) is 13.2 Å². The van der Waals surface area contributed by atoms with Gasteiger partial charge in [0.15, 0.2) is 0 Å². The van der Waals surface area contributed by atoms with E-state index in [1.807, 2.05) is 0 Å². The van der Waals surface area contributed by atoms with Crippen LogP contribution in [-0.2, 0) is 9.63 Å². The first-order valence-corrected chi connectivity index (χ1v) is 9.28. The fraction of sp³-hybridized carbons (Fsp3) is 0.944. The first kappa shape index (κ1) is 18.5. The number of carbonyl (C=O) groups is 1. The van der Waals surface area contributed by atoms with Crippen LogP contribution in [0.5, 0.6) is 0 Å². The molecule has 1 aliphatic heterocycles. The predicted octanol–water partition coefficient (Wildman–Crippen LogP) is 5.24.